The number of fused-ring (bicyclic) bond motifs is 1. The van der Waals surface area contributed by atoms with Crippen molar-refractivity contribution in [1.29, 1.82) is 0 Å². The van der Waals surface area contributed by atoms with E-state index in [0.717, 1.165) is 5.57 Å². The molecule has 4 aliphatic rings. The van der Waals surface area contributed by atoms with Crippen LogP contribution < -0.4 is 5.32 Å². The first kappa shape index (κ1) is 26.2. The van der Waals surface area contributed by atoms with E-state index in [0.29, 0.717) is 0 Å². The topological polar surface area (TPSA) is 137 Å². The van der Waals surface area contributed by atoms with Crippen LogP contribution in [0.2, 0.25) is 0 Å². The summed E-state index contributed by atoms with van der Waals surface area (Å²) in [6.45, 7) is 8.96. The maximum Gasteiger partial charge on any atom is 0.316 e. The summed E-state index contributed by atoms with van der Waals surface area (Å²) in [4.78, 5) is 49.4. The number of allylic oxidation sites excluding steroid dienone is 3. The van der Waals surface area contributed by atoms with Gasteiger partial charge in [-0.2, -0.15) is 0 Å². The van der Waals surface area contributed by atoms with Gasteiger partial charge in [0.1, 0.15) is 29.0 Å². The molecule has 1 amide bonds. The summed E-state index contributed by atoms with van der Waals surface area (Å²) in [5.41, 5.74) is -0.676. The molecule has 10 nitrogen and oxygen atoms in total. The van der Waals surface area contributed by atoms with Crippen LogP contribution in [0.1, 0.15) is 41.0 Å². The van der Waals surface area contributed by atoms with E-state index < -0.39 is 59.0 Å². The Morgan fingerprint density at radius 2 is 1.89 bits per heavy atom. The second kappa shape index (κ2) is 9.24. The number of carbonyl (C=O) groups is 4. The molecule has 0 radical (unpaired) electrons. The smallest absolute Gasteiger partial charge is 0.316 e. The van der Waals surface area contributed by atoms with Crippen molar-refractivity contribution in [2.45, 2.75) is 70.7 Å². The van der Waals surface area contributed by atoms with E-state index in [1.807, 2.05) is 19.9 Å². The molecule has 0 saturated carbocycles. The third kappa shape index (κ3) is 4.01. The summed E-state index contributed by atoms with van der Waals surface area (Å²) in [7, 11) is 1.30. The molecule has 196 valence electrons. The minimum atomic E-state index is -1.47. The summed E-state index contributed by atoms with van der Waals surface area (Å²) >= 11 is 0. The average Bonchev–Trinajstić information content (AvgIpc) is 3.25. The van der Waals surface area contributed by atoms with E-state index in [1.165, 1.54) is 13.2 Å². The van der Waals surface area contributed by atoms with Crippen molar-refractivity contribution in [2.24, 2.45) is 17.8 Å². The highest BCUT2D eigenvalue weighted by molar-refractivity contribution is 6.25. The molecular formula is C26H33NO9. The molecule has 2 bridgehead atoms. The Bertz CT molecular complexity index is 1070. The van der Waals surface area contributed by atoms with E-state index in [1.54, 1.807) is 26.8 Å². The highest BCUT2D eigenvalue weighted by atomic mass is 16.8. The standard InChI is InChI=1S/C26H33NO9/c1-12(7-8-16(28)19-18(30)11-27-23(19)31)9-13(2)21-14(3)22-17(29)10-25(5)26(35-21,36-22)20(15(4)34-25)24(32)33-6/h7-9,13-15,20-22,28H,10-11H2,1-6H3,(H,27,31)/b8-7+,12-9+,19-16?/t13-,14-,15-,20-,21-,22+,25+,26+/m1/s1. The van der Waals surface area contributed by atoms with Crippen LogP contribution in [0.5, 0.6) is 0 Å². The number of aliphatic hydroxyl groups excluding tert-OH is 1. The molecule has 4 rings (SSSR count). The lowest BCUT2D eigenvalue weighted by Gasteiger charge is -2.56. The number of ether oxygens (including phenoxy) is 4. The number of ketones is 2. The van der Waals surface area contributed by atoms with Crippen LogP contribution in [-0.4, -0.2) is 71.9 Å². The largest absolute Gasteiger partial charge is 0.507 e. The molecule has 0 aromatic rings. The van der Waals surface area contributed by atoms with Crippen LogP contribution in [0.15, 0.2) is 35.1 Å². The highest BCUT2D eigenvalue weighted by Crippen LogP contribution is 2.57. The van der Waals surface area contributed by atoms with Crippen LogP contribution >= 0.6 is 0 Å². The van der Waals surface area contributed by atoms with Crippen LogP contribution in [0, 0.1) is 17.8 Å². The number of hydrogen-bond donors (Lipinski definition) is 2. The number of aliphatic hydroxyl groups is 1. The first-order chi connectivity index (χ1) is 16.8. The Kier molecular flexibility index (Phi) is 6.74. The van der Waals surface area contributed by atoms with Crippen molar-refractivity contribution < 1.29 is 43.2 Å². The van der Waals surface area contributed by atoms with E-state index in [-0.39, 0.29) is 36.2 Å². The number of hydrogen-bond acceptors (Lipinski definition) is 9. The minimum Gasteiger partial charge on any atom is -0.507 e. The van der Waals surface area contributed by atoms with Crippen LogP contribution in [0.25, 0.3) is 0 Å². The van der Waals surface area contributed by atoms with Crippen molar-refractivity contribution in [1.82, 2.24) is 5.32 Å². The molecule has 8 atom stereocenters. The maximum atomic E-state index is 13.1. The zero-order valence-corrected chi connectivity index (χ0v) is 21.3. The Balaban J connectivity index is 1.63. The van der Waals surface area contributed by atoms with Crippen molar-refractivity contribution in [3.63, 3.8) is 0 Å². The SMILES string of the molecule is COC(=O)[C@H]1[C@@H](C)O[C@@]2(C)CC(=O)[C@H]3O[C@@]12O[C@H]([C@H](C)/C=C(C)/C=C/C(O)=C1C(=O)CNC1=O)[C@H]3C. The molecule has 2 N–H and O–H groups in total. The number of esters is 1. The summed E-state index contributed by atoms with van der Waals surface area (Å²) < 4.78 is 24.0. The third-order valence-electron chi connectivity index (χ3n) is 7.67. The lowest BCUT2D eigenvalue weighted by Crippen LogP contribution is -2.71. The van der Waals surface area contributed by atoms with Gasteiger partial charge in [0.15, 0.2) is 11.6 Å². The molecule has 4 aliphatic heterocycles. The predicted molar refractivity (Wildman–Crippen MR) is 125 cm³/mol. The van der Waals surface area contributed by atoms with Gasteiger partial charge in [-0.1, -0.05) is 31.6 Å². The summed E-state index contributed by atoms with van der Waals surface area (Å²) in [5, 5.41) is 12.6. The molecule has 36 heavy (non-hydrogen) atoms. The van der Waals surface area contributed by atoms with Crippen molar-refractivity contribution in [3.05, 3.63) is 35.1 Å². The highest BCUT2D eigenvalue weighted by Gasteiger charge is 2.74. The molecule has 1 spiro atoms. The Hall–Kier alpha value is -2.82. The number of amides is 1. The molecule has 0 aliphatic carbocycles. The fourth-order valence-corrected chi connectivity index (χ4v) is 6.00. The van der Waals surface area contributed by atoms with E-state index in [9.17, 15) is 24.3 Å². The van der Waals surface area contributed by atoms with E-state index >= 15 is 0 Å². The molecular weight excluding hydrogens is 470 g/mol. The van der Waals surface area contributed by atoms with Gasteiger partial charge in [-0.15, -0.1) is 0 Å². The molecule has 4 heterocycles. The summed E-state index contributed by atoms with van der Waals surface area (Å²) in [6.07, 6.45) is 3.03. The number of rotatable bonds is 5. The summed E-state index contributed by atoms with van der Waals surface area (Å²) in [5.74, 6) is -4.97. The lowest BCUT2D eigenvalue weighted by molar-refractivity contribution is -0.387. The normalized spacial score (nSPS) is 40.8. The van der Waals surface area contributed by atoms with Gasteiger partial charge in [0.2, 0.25) is 5.79 Å². The molecule has 0 unspecified atom stereocenters. The molecule has 4 fully saturated rings. The van der Waals surface area contributed by atoms with Gasteiger partial charge in [-0.05, 0) is 26.8 Å². The average molecular weight is 504 g/mol. The van der Waals surface area contributed by atoms with Gasteiger partial charge in [-0.3, -0.25) is 19.2 Å². The van der Waals surface area contributed by atoms with Crippen molar-refractivity contribution >= 4 is 23.4 Å². The Labute approximate surface area is 209 Å². The van der Waals surface area contributed by atoms with Crippen LogP contribution in [-0.2, 0) is 38.1 Å². The Morgan fingerprint density at radius 1 is 1.19 bits per heavy atom. The number of methoxy groups -OCH3 is 1. The number of carbonyl (C=O) groups excluding carboxylic acids is 4. The quantitative estimate of drug-likeness (QED) is 0.189. The van der Waals surface area contributed by atoms with Gasteiger partial charge >= 0.3 is 5.97 Å². The number of nitrogens with one attached hydrogen (secondary N) is 1. The van der Waals surface area contributed by atoms with Gasteiger partial charge in [0, 0.05) is 18.3 Å². The number of Topliss-reactive ketones (excluding diaryl/α,β-unsaturated/α-hetero) is 2. The predicted octanol–water partition coefficient (Wildman–Crippen LogP) is 1.69. The molecule has 4 saturated heterocycles. The van der Waals surface area contributed by atoms with E-state index in [4.69, 9.17) is 18.9 Å². The first-order valence-corrected chi connectivity index (χ1v) is 12.1. The molecule has 0 aromatic heterocycles. The zero-order chi connectivity index (χ0) is 26.6. The van der Waals surface area contributed by atoms with E-state index in [2.05, 4.69) is 5.32 Å². The van der Waals surface area contributed by atoms with Crippen molar-refractivity contribution in [3.8, 4) is 0 Å². The van der Waals surface area contributed by atoms with Gasteiger partial charge in [0.05, 0.1) is 25.9 Å². The monoisotopic (exact) mass is 503 g/mol. The maximum absolute atomic E-state index is 13.1. The lowest BCUT2D eigenvalue weighted by atomic mass is 9.73. The third-order valence-corrected chi connectivity index (χ3v) is 7.67. The summed E-state index contributed by atoms with van der Waals surface area (Å²) in [6, 6.07) is 0. The molecule has 10 heteroatoms. The Morgan fingerprint density at radius 3 is 2.50 bits per heavy atom. The minimum absolute atomic E-state index is 0.0682. The fourth-order valence-electron chi connectivity index (χ4n) is 6.00. The first-order valence-electron chi connectivity index (χ1n) is 12.1. The van der Waals surface area contributed by atoms with Gasteiger partial charge < -0.3 is 29.4 Å². The molecule has 0 aromatic carbocycles. The van der Waals surface area contributed by atoms with Crippen LogP contribution in [0.3, 0.4) is 0 Å². The van der Waals surface area contributed by atoms with Crippen molar-refractivity contribution in [2.75, 3.05) is 13.7 Å². The zero-order valence-electron chi connectivity index (χ0n) is 21.3. The second-order valence-electron chi connectivity index (χ2n) is 10.3. The second-order valence-corrected chi connectivity index (χ2v) is 10.3. The van der Waals surface area contributed by atoms with Gasteiger partial charge in [0.25, 0.3) is 5.91 Å². The van der Waals surface area contributed by atoms with Crippen LogP contribution in [0.4, 0.5) is 0 Å². The fraction of sp³-hybridized carbons (Fsp3) is 0.615. The van der Waals surface area contributed by atoms with Gasteiger partial charge in [-0.25, -0.2) is 0 Å².